The number of thiophene rings is 1. The molecule has 5 nitrogen and oxygen atoms in total. The number of aryl methyl sites for hydroxylation is 2. The Morgan fingerprint density at radius 3 is 2.77 bits per heavy atom. The Hall–Kier alpha value is -2.34. The number of benzene rings is 1. The van der Waals surface area contributed by atoms with Gasteiger partial charge in [-0.15, -0.1) is 11.3 Å². The van der Waals surface area contributed by atoms with Gasteiger partial charge in [-0.1, -0.05) is 0 Å². The molecule has 0 saturated heterocycles. The smallest absolute Gasteiger partial charge is 0.163 e. The van der Waals surface area contributed by atoms with Gasteiger partial charge in [0.05, 0.1) is 5.39 Å². The van der Waals surface area contributed by atoms with Gasteiger partial charge in [-0.25, -0.2) is 9.97 Å². The number of fused-ring (bicyclic) bond motifs is 2. The number of hydrogen-bond acceptors (Lipinski definition) is 6. The van der Waals surface area contributed by atoms with Gasteiger partial charge < -0.3 is 14.8 Å². The number of hydrogen-bond donors (Lipinski definition) is 1. The summed E-state index contributed by atoms with van der Waals surface area (Å²) in [4.78, 5) is 11.0. The van der Waals surface area contributed by atoms with Crippen molar-refractivity contribution >= 4 is 33.1 Å². The van der Waals surface area contributed by atoms with Crippen LogP contribution in [0.5, 0.6) is 11.5 Å². The Balaban J connectivity index is 1.75. The monoisotopic (exact) mass is 313 g/mol. The van der Waals surface area contributed by atoms with Gasteiger partial charge in [0.1, 0.15) is 30.2 Å². The molecule has 0 bridgehead atoms. The summed E-state index contributed by atoms with van der Waals surface area (Å²) < 4.78 is 11.2. The first kappa shape index (κ1) is 13.3. The predicted octanol–water partition coefficient (Wildman–Crippen LogP) is 3.82. The summed E-state index contributed by atoms with van der Waals surface area (Å²) in [5.74, 6) is 2.37. The van der Waals surface area contributed by atoms with Crippen molar-refractivity contribution < 1.29 is 9.47 Å². The Bertz CT molecular complexity index is 860. The zero-order chi connectivity index (χ0) is 15.1. The molecular weight excluding hydrogens is 298 g/mol. The Labute approximate surface area is 131 Å². The minimum absolute atomic E-state index is 0.580. The Kier molecular flexibility index (Phi) is 3.11. The normalized spacial score (nSPS) is 13.4. The fourth-order valence-corrected chi connectivity index (χ4v) is 3.53. The van der Waals surface area contributed by atoms with Crippen molar-refractivity contribution in [1.29, 1.82) is 0 Å². The fraction of sp³-hybridized carbons (Fsp3) is 0.250. The number of ether oxygens (including phenoxy) is 2. The third kappa shape index (κ3) is 2.16. The van der Waals surface area contributed by atoms with E-state index < -0.39 is 0 Å². The van der Waals surface area contributed by atoms with Crippen LogP contribution in [0.15, 0.2) is 24.5 Å². The van der Waals surface area contributed by atoms with Crippen molar-refractivity contribution in [2.45, 2.75) is 13.8 Å². The first-order valence-corrected chi connectivity index (χ1v) is 7.91. The molecule has 6 heteroatoms. The summed E-state index contributed by atoms with van der Waals surface area (Å²) in [5, 5.41) is 4.45. The molecule has 2 aromatic heterocycles. The maximum absolute atomic E-state index is 5.62. The standard InChI is InChI=1S/C16H15N3O2S/c1-9-10(2)22-16-14(9)15(17-8-18-16)19-11-3-4-12-13(7-11)21-6-5-20-12/h3-4,7-8H,5-6H2,1-2H3,(H,17,18,19). The Morgan fingerprint density at radius 2 is 1.91 bits per heavy atom. The minimum Gasteiger partial charge on any atom is -0.486 e. The number of nitrogens with one attached hydrogen (secondary N) is 1. The Morgan fingerprint density at radius 1 is 1.09 bits per heavy atom. The van der Waals surface area contributed by atoms with E-state index in [-0.39, 0.29) is 0 Å². The van der Waals surface area contributed by atoms with Crippen LogP contribution >= 0.6 is 11.3 Å². The number of anilines is 2. The second-order valence-corrected chi connectivity index (χ2v) is 6.37. The first-order valence-electron chi connectivity index (χ1n) is 7.10. The van der Waals surface area contributed by atoms with E-state index in [4.69, 9.17) is 9.47 Å². The number of nitrogens with zero attached hydrogens (tertiary/aromatic N) is 2. The molecule has 1 aliphatic heterocycles. The van der Waals surface area contributed by atoms with Crippen LogP contribution in [0.1, 0.15) is 10.4 Å². The fourth-order valence-electron chi connectivity index (χ4n) is 2.54. The molecule has 0 fully saturated rings. The van der Waals surface area contributed by atoms with Crippen molar-refractivity contribution in [2.24, 2.45) is 0 Å². The summed E-state index contributed by atoms with van der Waals surface area (Å²) in [6.45, 7) is 5.39. The predicted molar refractivity (Wildman–Crippen MR) is 87.6 cm³/mol. The molecule has 0 radical (unpaired) electrons. The molecule has 22 heavy (non-hydrogen) atoms. The number of aromatic nitrogens is 2. The van der Waals surface area contributed by atoms with Gasteiger partial charge in [0.25, 0.3) is 0 Å². The van der Waals surface area contributed by atoms with Crippen LogP contribution in [0, 0.1) is 13.8 Å². The van der Waals surface area contributed by atoms with Gasteiger partial charge in [-0.3, -0.25) is 0 Å². The molecule has 0 atom stereocenters. The second-order valence-electron chi connectivity index (χ2n) is 5.17. The average molecular weight is 313 g/mol. The van der Waals surface area contributed by atoms with Crippen LogP contribution in [-0.4, -0.2) is 23.2 Å². The van der Waals surface area contributed by atoms with Crippen LogP contribution in [-0.2, 0) is 0 Å². The minimum atomic E-state index is 0.580. The van der Waals surface area contributed by atoms with E-state index in [1.807, 2.05) is 18.2 Å². The van der Waals surface area contributed by atoms with E-state index in [1.54, 1.807) is 17.7 Å². The van der Waals surface area contributed by atoms with Crippen LogP contribution in [0.3, 0.4) is 0 Å². The molecule has 0 amide bonds. The van der Waals surface area contributed by atoms with E-state index in [0.29, 0.717) is 13.2 Å². The van der Waals surface area contributed by atoms with Crippen molar-refractivity contribution in [3.8, 4) is 11.5 Å². The molecule has 112 valence electrons. The molecular formula is C16H15N3O2S. The van der Waals surface area contributed by atoms with Crippen molar-refractivity contribution in [3.05, 3.63) is 35.0 Å². The van der Waals surface area contributed by atoms with E-state index in [0.717, 1.165) is 33.2 Å². The van der Waals surface area contributed by atoms with Crippen molar-refractivity contribution in [1.82, 2.24) is 9.97 Å². The van der Waals surface area contributed by atoms with Gasteiger partial charge in [0.2, 0.25) is 0 Å². The van der Waals surface area contributed by atoms with Crippen LogP contribution in [0.25, 0.3) is 10.2 Å². The lowest BCUT2D eigenvalue weighted by molar-refractivity contribution is 0.171. The zero-order valence-corrected chi connectivity index (χ0v) is 13.2. The highest BCUT2D eigenvalue weighted by molar-refractivity contribution is 7.18. The topological polar surface area (TPSA) is 56.3 Å². The van der Waals surface area contributed by atoms with Crippen molar-refractivity contribution in [2.75, 3.05) is 18.5 Å². The maximum Gasteiger partial charge on any atom is 0.163 e. The van der Waals surface area contributed by atoms with Crippen LogP contribution in [0.2, 0.25) is 0 Å². The van der Waals surface area contributed by atoms with E-state index >= 15 is 0 Å². The lowest BCUT2D eigenvalue weighted by Gasteiger charge is -2.19. The van der Waals surface area contributed by atoms with Gasteiger partial charge in [-0.2, -0.15) is 0 Å². The molecule has 0 unspecified atom stereocenters. The van der Waals surface area contributed by atoms with E-state index in [9.17, 15) is 0 Å². The third-order valence-corrected chi connectivity index (χ3v) is 4.89. The molecule has 1 aromatic carbocycles. The average Bonchev–Trinajstić information content (AvgIpc) is 2.83. The molecule has 1 aliphatic rings. The summed E-state index contributed by atoms with van der Waals surface area (Å²) in [7, 11) is 0. The summed E-state index contributed by atoms with van der Waals surface area (Å²) >= 11 is 1.69. The summed E-state index contributed by atoms with van der Waals surface area (Å²) in [6.07, 6.45) is 1.60. The zero-order valence-electron chi connectivity index (χ0n) is 12.3. The molecule has 0 aliphatic carbocycles. The first-order chi connectivity index (χ1) is 10.7. The largest absolute Gasteiger partial charge is 0.486 e. The third-order valence-electron chi connectivity index (χ3n) is 3.77. The van der Waals surface area contributed by atoms with Crippen molar-refractivity contribution in [3.63, 3.8) is 0 Å². The van der Waals surface area contributed by atoms with Gasteiger partial charge in [0, 0.05) is 16.6 Å². The van der Waals surface area contributed by atoms with Crippen LogP contribution in [0.4, 0.5) is 11.5 Å². The molecule has 3 heterocycles. The summed E-state index contributed by atoms with van der Waals surface area (Å²) in [6, 6.07) is 5.83. The molecule has 1 N–H and O–H groups in total. The van der Waals surface area contributed by atoms with Gasteiger partial charge in [0.15, 0.2) is 11.5 Å². The highest BCUT2D eigenvalue weighted by atomic mass is 32.1. The SMILES string of the molecule is Cc1sc2ncnc(Nc3ccc4c(c3)OCCO4)c2c1C. The van der Waals surface area contributed by atoms with Gasteiger partial charge in [-0.05, 0) is 31.5 Å². The quantitative estimate of drug-likeness (QED) is 0.779. The van der Waals surface area contributed by atoms with E-state index in [2.05, 4.69) is 29.1 Å². The molecule has 3 aromatic rings. The lowest BCUT2D eigenvalue weighted by atomic mass is 10.2. The maximum atomic E-state index is 5.62. The lowest BCUT2D eigenvalue weighted by Crippen LogP contribution is -2.15. The molecule has 0 saturated carbocycles. The van der Waals surface area contributed by atoms with Gasteiger partial charge >= 0.3 is 0 Å². The second kappa shape index (κ2) is 5.14. The highest BCUT2D eigenvalue weighted by Crippen LogP contribution is 2.36. The van der Waals surface area contributed by atoms with E-state index in [1.165, 1.54) is 10.4 Å². The highest BCUT2D eigenvalue weighted by Gasteiger charge is 2.14. The number of rotatable bonds is 2. The molecule has 0 spiro atoms. The molecule has 4 rings (SSSR count). The van der Waals surface area contributed by atoms with Crippen LogP contribution < -0.4 is 14.8 Å². The summed E-state index contributed by atoms with van der Waals surface area (Å²) in [5.41, 5.74) is 2.15.